The number of hydrogen-bond donors (Lipinski definition) is 0. The Balaban J connectivity index is 1.72. The van der Waals surface area contributed by atoms with Gasteiger partial charge >= 0.3 is 0 Å². The molecule has 0 bridgehead atoms. The fourth-order valence-corrected chi connectivity index (χ4v) is 3.39. The third-order valence-corrected chi connectivity index (χ3v) is 5.14. The quantitative estimate of drug-likeness (QED) is 0.837. The van der Waals surface area contributed by atoms with Crippen LogP contribution >= 0.6 is 0 Å². The fraction of sp³-hybridized carbons (Fsp3) is 0.381. The maximum absolute atomic E-state index is 13.0. The molecule has 0 aliphatic carbocycles. The SMILES string of the molecule is COc1ccc(C(=O)N2CCCN(C(=O)c3ccccn3)CC2)c(C)c1C. The minimum Gasteiger partial charge on any atom is -0.496 e. The molecule has 1 saturated heterocycles. The van der Waals surface area contributed by atoms with E-state index >= 15 is 0 Å². The molecule has 2 aromatic rings. The number of pyridine rings is 1. The van der Waals surface area contributed by atoms with E-state index in [1.165, 1.54) is 0 Å². The normalized spacial score (nSPS) is 14.6. The number of methoxy groups -OCH3 is 1. The van der Waals surface area contributed by atoms with Gasteiger partial charge in [-0.3, -0.25) is 14.6 Å². The van der Waals surface area contributed by atoms with Crippen LogP contribution in [0.1, 0.15) is 38.4 Å². The lowest BCUT2D eigenvalue weighted by molar-refractivity contribution is 0.0715. The summed E-state index contributed by atoms with van der Waals surface area (Å²) in [5.74, 6) is 0.707. The monoisotopic (exact) mass is 367 g/mol. The van der Waals surface area contributed by atoms with Crippen LogP contribution in [-0.4, -0.2) is 59.9 Å². The van der Waals surface area contributed by atoms with E-state index in [-0.39, 0.29) is 11.8 Å². The minimum atomic E-state index is -0.0821. The van der Waals surface area contributed by atoms with Crippen molar-refractivity contribution >= 4 is 11.8 Å². The van der Waals surface area contributed by atoms with Crippen molar-refractivity contribution in [3.8, 4) is 5.75 Å². The number of nitrogens with zero attached hydrogens (tertiary/aromatic N) is 3. The summed E-state index contributed by atoms with van der Waals surface area (Å²) in [5, 5.41) is 0. The van der Waals surface area contributed by atoms with Crippen LogP contribution in [0.25, 0.3) is 0 Å². The Morgan fingerprint density at radius 2 is 1.63 bits per heavy atom. The van der Waals surface area contributed by atoms with Crippen molar-refractivity contribution < 1.29 is 14.3 Å². The van der Waals surface area contributed by atoms with Crippen LogP contribution in [0.3, 0.4) is 0 Å². The van der Waals surface area contributed by atoms with Crippen molar-refractivity contribution in [1.29, 1.82) is 0 Å². The van der Waals surface area contributed by atoms with E-state index in [0.29, 0.717) is 37.4 Å². The Labute approximate surface area is 159 Å². The lowest BCUT2D eigenvalue weighted by Gasteiger charge is -2.23. The van der Waals surface area contributed by atoms with Crippen molar-refractivity contribution in [2.45, 2.75) is 20.3 Å². The van der Waals surface area contributed by atoms with Gasteiger partial charge in [0.15, 0.2) is 0 Å². The molecule has 0 spiro atoms. The van der Waals surface area contributed by atoms with Crippen molar-refractivity contribution in [2.24, 2.45) is 0 Å². The summed E-state index contributed by atoms with van der Waals surface area (Å²) < 4.78 is 5.33. The third kappa shape index (κ3) is 3.94. The first-order valence-electron chi connectivity index (χ1n) is 9.16. The van der Waals surface area contributed by atoms with E-state index in [1.807, 2.05) is 36.9 Å². The zero-order chi connectivity index (χ0) is 19.4. The summed E-state index contributed by atoms with van der Waals surface area (Å²) in [4.78, 5) is 33.4. The maximum Gasteiger partial charge on any atom is 0.272 e. The molecule has 1 aliphatic heterocycles. The molecule has 1 aromatic carbocycles. The smallest absolute Gasteiger partial charge is 0.272 e. The van der Waals surface area contributed by atoms with Crippen LogP contribution < -0.4 is 4.74 Å². The van der Waals surface area contributed by atoms with Gasteiger partial charge in [0.25, 0.3) is 11.8 Å². The van der Waals surface area contributed by atoms with Gasteiger partial charge in [-0.1, -0.05) is 6.07 Å². The number of carbonyl (C=O) groups is 2. The predicted molar refractivity (Wildman–Crippen MR) is 103 cm³/mol. The van der Waals surface area contributed by atoms with E-state index < -0.39 is 0 Å². The third-order valence-electron chi connectivity index (χ3n) is 5.14. The number of aromatic nitrogens is 1. The molecule has 0 N–H and O–H groups in total. The molecule has 142 valence electrons. The van der Waals surface area contributed by atoms with Gasteiger partial charge < -0.3 is 14.5 Å². The van der Waals surface area contributed by atoms with E-state index in [4.69, 9.17) is 4.74 Å². The zero-order valence-electron chi connectivity index (χ0n) is 16.1. The molecule has 0 atom stereocenters. The fourth-order valence-electron chi connectivity index (χ4n) is 3.39. The Hall–Kier alpha value is -2.89. The van der Waals surface area contributed by atoms with Crippen LogP contribution in [0.4, 0.5) is 0 Å². The molecule has 0 radical (unpaired) electrons. The molecule has 6 heteroatoms. The molecule has 6 nitrogen and oxygen atoms in total. The van der Waals surface area contributed by atoms with Crippen LogP contribution in [0.5, 0.6) is 5.75 Å². The van der Waals surface area contributed by atoms with Crippen LogP contribution in [-0.2, 0) is 0 Å². The van der Waals surface area contributed by atoms with Gasteiger partial charge in [-0.25, -0.2) is 0 Å². The second-order valence-electron chi connectivity index (χ2n) is 6.72. The standard InChI is InChI=1S/C21H25N3O3/c1-15-16(2)19(27-3)9-8-17(15)20(25)23-11-6-12-24(14-13-23)21(26)18-7-4-5-10-22-18/h4-5,7-10H,6,11-14H2,1-3H3. The summed E-state index contributed by atoms with van der Waals surface area (Å²) in [6, 6.07) is 8.98. The van der Waals surface area contributed by atoms with Crippen molar-refractivity contribution in [3.63, 3.8) is 0 Å². The summed E-state index contributed by atoms with van der Waals surface area (Å²) in [7, 11) is 1.63. The highest BCUT2D eigenvalue weighted by atomic mass is 16.5. The maximum atomic E-state index is 13.0. The average molecular weight is 367 g/mol. The van der Waals surface area contributed by atoms with E-state index in [0.717, 1.165) is 23.3 Å². The molecular formula is C21H25N3O3. The molecule has 2 heterocycles. The number of ether oxygens (including phenoxy) is 1. The zero-order valence-corrected chi connectivity index (χ0v) is 16.1. The molecular weight excluding hydrogens is 342 g/mol. The number of rotatable bonds is 3. The van der Waals surface area contributed by atoms with Gasteiger partial charge in [0.1, 0.15) is 11.4 Å². The van der Waals surface area contributed by atoms with Gasteiger partial charge in [-0.2, -0.15) is 0 Å². The largest absolute Gasteiger partial charge is 0.496 e. The lowest BCUT2D eigenvalue weighted by atomic mass is 10.0. The first kappa shape index (κ1) is 18.9. The first-order chi connectivity index (χ1) is 13.0. The first-order valence-corrected chi connectivity index (χ1v) is 9.16. The van der Waals surface area contributed by atoms with Gasteiger partial charge in [0.05, 0.1) is 7.11 Å². The second-order valence-corrected chi connectivity index (χ2v) is 6.72. The van der Waals surface area contributed by atoms with Gasteiger partial charge in [0, 0.05) is 37.9 Å². The van der Waals surface area contributed by atoms with E-state index in [1.54, 1.807) is 30.3 Å². The molecule has 2 amide bonds. The number of benzene rings is 1. The summed E-state index contributed by atoms with van der Waals surface area (Å²) >= 11 is 0. The molecule has 1 aromatic heterocycles. The second kappa shape index (κ2) is 8.20. The number of carbonyl (C=O) groups excluding carboxylic acids is 2. The Morgan fingerprint density at radius 1 is 0.926 bits per heavy atom. The molecule has 3 rings (SSSR count). The molecule has 27 heavy (non-hydrogen) atoms. The minimum absolute atomic E-state index is 0.00499. The Bertz CT molecular complexity index is 836. The highest BCUT2D eigenvalue weighted by Gasteiger charge is 2.25. The number of amides is 2. The summed E-state index contributed by atoms with van der Waals surface area (Å²) in [6.07, 6.45) is 2.37. The van der Waals surface area contributed by atoms with E-state index in [9.17, 15) is 9.59 Å². The highest BCUT2D eigenvalue weighted by Crippen LogP contribution is 2.25. The average Bonchev–Trinajstić information content (AvgIpc) is 2.96. The molecule has 0 unspecified atom stereocenters. The van der Waals surface area contributed by atoms with Gasteiger partial charge in [-0.15, -0.1) is 0 Å². The van der Waals surface area contributed by atoms with Crippen molar-refractivity contribution in [2.75, 3.05) is 33.3 Å². The summed E-state index contributed by atoms with van der Waals surface area (Å²) in [6.45, 7) is 6.19. The van der Waals surface area contributed by atoms with Crippen LogP contribution in [0, 0.1) is 13.8 Å². The lowest BCUT2D eigenvalue weighted by Crippen LogP contribution is -2.37. The van der Waals surface area contributed by atoms with E-state index in [2.05, 4.69) is 4.98 Å². The molecule has 1 aliphatic rings. The number of hydrogen-bond acceptors (Lipinski definition) is 4. The topological polar surface area (TPSA) is 62.7 Å². The van der Waals surface area contributed by atoms with Crippen molar-refractivity contribution in [1.82, 2.24) is 14.8 Å². The highest BCUT2D eigenvalue weighted by molar-refractivity contribution is 5.96. The summed E-state index contributed by atoms with van der Waals surface area (Å²) in [5.41, 5.74) is 3.05. The van der Waals surface area contributed by atoms with Crippen LogP contribution in [0.15, 0.2) is 36.5 Å². The molecule has 1 fully saturated rings. The van der Waals surface area contributed by atoms with Gasteiger partial charge in [0.2, 0.25) is 0 Å². The van der Waals surface area contributed by atoms with Crippen molar-refractivity contribution in [3.05, 3.63) is 58.9 Å². The molecule has 0 saturated carbocycles. The van der Waals surface area contributed by atoms with Crippen LogP contribution in [0.2, 0.25) is 0 Å². The van der Waals surface area contributed by atoms with Gasteiger partial charge in [-0.05, 0) is 55.7 Å². The Morgan fingerprint density at radius 3 is 2.26 bits per heavy atom. The Kier molecular flexibility index (Phi) is 5.74. The predicted octanol–water partition coefficient (Wildman–Crippen LogP) is 2.70.